The summed E-state index contributed by atoms with van der Waals surface area (Å²) in [6.45, 7) is 2.12. The molecule has 0 unspecified atom stereocenters. The van der Waals surface area contributed by atoms with E-state index in [1.54, 1.807) is 6.07 Å². The van der Waals surface area contributed by atoms with E-state index in [2.05, 4.69) is 90.7 Å². The van der Waals surface area contributed by atoms with E-state index in [0.29, 0.717) is 11.1 Å². The summed E-state index contributed by atoms with van der Waals surface area (Å²) in [5.41, 5.74) is 10.8. The lowest BCUT2D eigenvalue weighted by molar-refractivity contribution is 0.686. The van der Waals surface area contributed by atoms with Crippen LogP contribution in [0.5, 0.6) is 0 Å². The fourth-order valence-corrected chi connectivity index (χ4v) is 5.75. The van der Waals surface area contributed by atoms with Crippen molar-refractivity contribution in [2.75, 3.05) is 4.90 Å². The first-order chi connectivity index (χ1) is 19.7. The maximum Gasteiger partial charge on any atom is 0.100 e. The highest BCUT2D eigenvalue weighted by Crippen LogP contribution is 2.40. The van der Waals surface area contributed by atoms with Gasteiger partial charge in [-0.3, -0.25) is 0 Å². The summed E-state index contributed by atoms with van der Waals surface area (Å²) in [7, 11) is 0. The van der Waals surface area contributed by atoms with Crippen molar-refractivity contribution in [1.29, 1.82) is 10.5 Å². The summed E-state index contributed by atoms with van der Waals surface area (Å²) in [4.78, 5) is 2.38. The van der Waals surface area contributed by atoms with E-state index < -0.39 is 0 Å². The molecule has 0 saturated carbocycles. The summed E-state index contributed by atoms with van der Waals surface area (Å²) >= 11 is 0. The lowest BCUT2D eigenvalue weighted by Gasteiger charge is -2.30. The molecule has 1 aliphatic carbocycles. The van der Waals surface area contributed by atoms with Crippen LogP contribution in [0.4, 0.5) is 17.1 Å². The van der Waals surface area contributed by atoms with Gasteiger partial charge in [-0.2, -0.15) is 10.5 Å². The van der Waals surface area contributed by atoms with E-state index in [1.807, 2.05) is 36.4 Å². The summed E-state index contributed by atoms with van der Waals surface area (Å²) < 4.78 is 0. The molecule has 0 bridgehead atoms. The molecule has 0 N–H and O–H groups in total. The van der Waals surface area contributed by atoms with Gasteiger partial charge in [-0.15, -0.1) is 0 Å². The summed E-state index contributed by atoms with van der Waals surface area (Å²) in [5.74, 6) is 0. The number of aryl methyl sites for hydroxylation is 2. The Morgan fingerprint density at radius 3 is 2.15 bits per heavy atom. The maximum atomic E-state index is 9.92. The van der Waals surface area contributed by atoms with Crippen LogP contribution in [0, 0.1) is 29.6 Å². The SMILES string of the molecule is Cc1ccc(N(c2ccc(C=Cc3ccc4c(C#N)cccc4c3C#N)cc2)c2cccc3c2CCCC3)cc1. The third kappa shape index (κ3) is 4.75. The zero-order valence-electron chi connectivity index (χ0n) is 22.6. The Bertz CT molecular complexity index is 1810. The minimum Gasteiger partial charge on any atom is -0.310 e. The average molecular weight is 516 g/mol. The Morgan fingerprint density at radius 1 is 0.675 bits per heavy atom. The monoisotopic (exact) mass is 515 g/mol. The van der Waals surface area contributed by atoms with Gasteiger partial charge < -0.3 is 4.90 Å². The summed E-state index contributed by atoms with van der Waals surface area (Å²) in [6, 6.07) is 38.0. The van der Waals surface area contributed by atoms with Crippen molar-refractivity contribution >= 4 is 40.0 Å². The molecule has 0 fully saturated rings. The highest BCUT2D eigenvalue weighted by Gasteiger charge is 2.20. The van der Waals surface area contributed by atoms with Crippen molar-refractivity contribution in [3.8, 4) is 12.1 Å². The lowest BCUT2D eigenvalue weighted by Crippen LogP contribution is -2.15. The third-order valence-corrected chi connectivity index (χ3v) is 7.84. The van der Waals surface area contributed by atoms with Gasteiger partial charge in [0.15, 0.2) is 0 Å². The van der Waals surface area contributed by atoms with E-state index >= 15 is 0 Å². The highest BCUT2D eigenvalue weighted by atomic mass is 15.1. The molecule has 5 aromatic rings. The zero-order valence-corrected chi connectivity index (χ0v) is 22.6. The number of fused-ring (bicyclic) bond motifs is 2. The van der Waals surface area contributed by atoms with Crippen LogP contribution in [0.1, 0.15) is 51.8 Å². The van der Waals surface area contributed by atoms with Crippen LogP contribution < -0.4 is 4.90 Å². The van der Waals surface area contributed by atoms with Crippen molar-refractivity contribution in [2.45, 2.75) is 32.6 Å². The molecule has 6 rings (SSSR count). The quantitative estimate of drug-likeness (QED) is 0.219. The van der Waals surface area contributed by atoms with E-state index in [0.717, 1.165) is 46.1 Å². The molecule has 192 valence electrons. The van der Waals surface area contributed by atoms with Crippen molar-refractivity contribution in [3.63, 3.8) is 0 Å². The van der Waals surface area contributed by atoms with Gasteiger partial charge in [0.25, 0.3) is 0 Å². The molecular weight excluding hydrogens is 486 g/mol. The van der Waals surface area contributed by atoms with E-state index in [1.165, 1.54) is 35.2 Å². The van der Waals surface area contributed by atoms with Crippen molar-refractivity contribution < 1.29 is 0 Å². The molecule has 40 heavy (non-hydrogen) atoms. The molecule has 1 aliphatic rings. The van der Waals surface area contributed by atoms with Gasteiger partial charge in [-0.1, -0.05) is 78.4 Å². The number of nitriles is 2. The Balaban J connectivity index is 1.36. The fourth-order valence-electron chi connectivity index (χ4n) is 5.75. The molecule has 0 aromatic heterocycles. The molecular formula is C37H29N3. The van der Waals surface area contributed by atoms with Crippen molar-refractivity contribution in [1.82, 2.24) is 0 Å². The Kier molecular flexibility index (Phi) is 6.88. The molecule has 0 radical (unpaired) electrons. The molecule has 5 aromatic carbocycles. The van der Waals surface area contributed by atoms with Gasteiger partial charge in [0, 0.05) is 27.8 Å². The maximum absolute atomic E-state index is 9.92. The van der Waals surface area contributed by atoms with E-state index in [4.69, 9.17) is 0 Å². The first-order valence-corrected chi connectivity index (χ1v) is 13.8. The smallest absolute Gasteiger partial charge is 0.100 e. The number of benzene rings is 5. The van der Waals surface area contributed by atoms with Crippen LogP contribution in [-0.2, 0) is 12.8 Å². The van der Waals surface area contributed by atoms with Crippen LogP contribution in [0.3, 0.4) is 0 Å². The molecule has 3 heteroatoms. The third-order valence-electron chi connectivity index (χ3n) is 7.84. The van der Waals surface area contributed by atoms with Crippen LogP contribution in [-0.4, -0.2) is 0 Å². The van der Waals surface area contributed by atoms with E-state index in [-0.39, 0.29) is 0 Å². The topological polar surface area (TPSA) is 50.8 Å². The van der Waals surface area contributed by atoms with Gasteiger partial charge in [0.05, 0.1) is 17.2 Å². The Morgan fingerprint density at radius 2 is 1.40 bits per heavy atom. The average Bonchev–Trinajstić information content (AvgIpc) is 3.01. The van der Waals surface area contributed by atoms with Gasteiger partial charge in [-0.25, -0.2) is 0 Å². The highest BCUT2D eigenvalue weighted by molar-refractivity contribution is 5.95. The van der Waals surface area contributed by atoms with E-state index in [9.17, 15) is 10.5 Å². The van der Waals surface area contributed by atoms with Crippen LogP contribution in [0.2, 0.25) is 0 Å². The van der Waals surface area contributed by atoms with Crippen LogP contribution >= 0.6 is 0 Å². The van der Waals surface area contributed by atoms with Gasteiger partial charge in [0.2, 0.25) is 0 Å². The number of hydrogen-bond donors (Lipinski definition) is 0. The zero-order chi connectivity index (χ0) is 27.5. The van der Waals surface area contributed by atoms with Crippen LogP contribution in [0.15, 0.2) is 97.1 Å². The minimum atomic E-state index is 0.581. The molecule has 0 saturated heterocycles. The van der Waals surface area contributed by atoms with Crippen molar-refractivity contribution in [2.24, 2.45) is 0 Å². The lowest BCUT2D eigenvalue weighted by atomic mass is 9.90. The molecule has 0 heterocycles. The Labute approximate surface area is 235 Å². The Hall–Kier alpha value is -5.12. The largest absolute Gasteiger partial charge is 0.310 e. The first kappa shape index (κ1) is 25.2. The predicted octanol–water partition coefficient (Wildman–Crippen LogP) is 9.41. The second-order valence-electron chi connectivity index (χ2n) is 10.4. The predicted molar refractivity (Wildman–Crippen MR) is 165 cm³/mol. The summed E-state index contributed by atoms with van der Waals surface area (Å²) in [5, 5.41) is 21.0. The second-order valence-corrected chi connectivity index (χ2v) is 10.4. The van der Waals surface area contributed by atoms with Gasteiger partial charge in [-0.05, 0) is 91.3 Å². The number of nitrogens with zero attached hydrogens (tertiary/aromatic N) is 3. The number of anilines is 3. The molecule has 3 nitrogen and oxygen atoms in total. The second kappa shape index (κ2) is 10.9. The summed E-state index contributed by atoms with van der Waals surface area (Å²) in [6.07, 6.45) is 8.76. The normalized spacial score (nSPS) is 12.6. The molecule has 0 spiro atoms. The van der Waals surface area contributed by atoms with Gasteiger partial charge >= 0.3 is 0 Å². The minimum absolute atomic E-state index is 0.581. The first-order valence-electron chi connectivity index (χ1n) is 13.8. The molecule has 0 aliphatic heterocycles. The fraction of sp³-hybridized carbons (Fsp3) is 0.135. The van der Waals surface area contributed by atoms with Gasteiger partial charge in [0.1, 0.15) is 6.07 Å². The standard InChI is InChI=1S/C37H29N3/c1-26-12-19-31(20-13-26)40(37-11-5-7-28-6-2-3-9-34(28)37)32-21-15-27(16-22-32)14-17-29-18-23-33-30(24-38)8-4-10-35(33)36(29)25-39/h4-5,7-8,10-23H,2-3,6,9H2,1H3. The number of rotatable bonds is 5. The molecule has 0 amide bonds. The van der Waals surface area contributed by atoms with Crippen LogP contribution in [0.25, 0.3) is 22.9 Å². The number of hydrogen-bond acceptors (Lipinski definition) is 3. The van der Waals surface area contributed by atoms with Crippen molar-refractivity contribution in [3.05, 3.63) is 136 Å². The molecule has 0 atom stereocenters.